The molecule has 0 bridgehead atoms. The summed E-state index contributed by atoms with van der Waals surface area (Å²) in [5, 5.41) is 0. The van der Waals surface area contributed by atoms with E-state index in [2.05, 4.69) is 0 Å². The van der Waals surface area contributed by atoms with Crippen LogP contribution >= 0.6 is 12.4 Å². The van der Waals surface area contributed by atoms with E-state index in [4.69, 9.17) is 5.73 Å². The first kappa shape index (κ1) is 17.7. The maximum absolute atomic E-state index is 12.5. The molecule has 3 unspecified atom stereocenters. The van der Waals surface area contributed by atoms with Gasteiger partial charge in [-0.1, -0.05) is 6.42 Å². The largest absolute Gasteiger partial charge is 0.339 e. The van der Waals surface area contributed by atoms with Gasteiger partial charge in [-0.15, -0.1) is 12.4 Å². The smallest absolute Gasteiger partial charge is 0.226 e. The highest BCUT2D eigenvalue weighted by Gasteiger charge is 2.37. The molecule has 0 aromatic heterocycles. The zero-order valence-electron chi connectivity index (χ0n) is 12.0. The molecule has 2 N–H and O–H groups in total. The Labute approximate surface area is 127 Å². The lowest BCUT2D eigenvalue weighted by Crippen LogP contribution is -2.46. The number of carbonyl (C=O) groups is 1. The van der Waals surface area contributed by atoms with Gasteiger partial charge >= 0.3 is 0 Å². The summed E-state index contributed by atoms with van der Waals surface area (Å²) in [5.74, 6) is 0.448. The SMILES string of the molecule is CCN(C(=O)C1CCCC(N)C1)C1CCS(=O)(=O)C1.Cl. The fourth-order valence-electron chi connectivity index (χ4n) is 3.30. The highest BCUT2D eigenvalue weighted by atomic mass is 35.5. The van der Waals surface area contributed by atoms with Crippen LogP contribution in [0.15, 0.2) is 0 Å². The van der Waals surface area contributed by atoms with Crippen LogP contribution in [-0.4, -0.2) is 49.4 Å². The molecule has 1 aliphatic heterocycles. The second kappa shape index (κ2) is 7.09. The predicted octanol–water partition coefficient (Wildman–Crippen LogP) is 0.961. The second-order valence-electron chi connectivity index (χ2n) is 5.80. The van der Waals surface area contributed by atoms with Crippen LogP contribution in [0.2, 0.25) is 0 Å². The highest BCUT2D eigenvalue weighted by Crippen LogP contribution is 2.27. The summed E-state index contributed by atoms with van der Waals surface area (Å²) < 4.78 is 23.1. The van der Waals surface area contributed by atoms with Crippen molar-refractivity contribution in [2.24, 2.45) is 11.7 Å². The number of nitrogens with two attached hydrogens (primary N) is 1. The van der Waals surface area contributed by atoms with Gasteiger partial charge in [0.25, 0.3) is 0 Å². The Bertz CT molecular complexity index is 441. The van der Waals surface area contributed by atoms with Crippen LogP contribution in [0.25, 0.3) is 0 Å². The average molecular weight is 325 g/mol. The van der Waals surface area contributed by atoms with Gasteiger partial charge in [0.2, 0.25) is 5.91 Å². The van der Waals surface area contributed by atoms with Gasteiger partial charge in [-0.25, -0.2) is 8.42 Å². The fraction of sp³-hybridized carbons (Fsp3) is 0.923. The van der Waals surface area contributed by atoms with Crippen molar-refractivity contribution in [1.82, 2.24) is 4.90 Å². The number of hydrogen-bond acceptors (Lipinski definition) is 4. The Balaban J connectivity index is 0.00000200. The van der Waals surface area contributed by atoms with E-state index >= 15 is 0 Å². The van der Waals surface area contributed by atoms with E-state index in [1.165, 1.54) is 0 Å². The third kappa shape index (κ3) is 4.09. The molecule has 0 spiro atoms. The van der Waals surface area contributed by atoms with Gasteiger partial charge in [0, 0.05) is 24.5 Å². The highest BCUT2D eigenvalue weighted by molar-refractivity contribution is 7.91. The normalized spacial score (nSPS) is 32.4. The summed E-state index contributed by atoms with van der Waals surface area (Å²) in [5.41, 5.74) is 5.93. The summed E-state index contributed by atoms with van der Waals surface area (Å²) in [7, 11) is -2.94. The van der Waals surface area contributed by atoms with Crippen molar-refractivity contribution in [3.05, 3.63) is 0 Å². The first-order valence-corrected chi connectivity index (χ1v) is 9.01. The third-order valence-corrected chi connectivity index (χ3v) is 6.09. The van der Waals surface area contributed by atoms with Crippen LogP contribution in [0.5, 0.6) is 0 Å². The molecule has 1 saturated carbocycles. The molecule has 1 saturated heterocycles. The summed E-state index contributed by atoms with van der Waals surface area (Å²) >= 11 is 0. The Hall–Kier alpha value is -0.330. The van der Waals surface area contributed by atoms with Gasteiger partial charge in [0.05, 0.1) is 11.5 Å². The number of rotatable bonds is 3. The van der Waals surface area contributed by atoms with Crippen molar-refractivity contribution in [2.75, 3.05) is 18.1 Å². The third-order valence-electron chi connectivity index (χ3n) is 4.34. The predicted molar refractivity (Wildman–Crippen MR) is 81.6 cm³/mol. The van der Waals surface area contributed by atoms with E-state index in [1.54, 1.807) is 4.90 Å². The van der Waals surface area contributed by atoms with Crippen LogP contribution in [0.3, 0.4) is 0 Å². The zero-order valence-corrected chi connectivity index (χ0v) is 13.6. The lowest BCUT2D eigenvalue weighted by molar-refractivity contribution is -0.138. The van der Waals surface area contributed by atoms with Crippen molar-refractivity contribution in [2.45, 2.75) is 51.1 Å². The van der Waals surface area contributed by atoms with Crippen molar-refractivity contribution in [1.29, 1.82) is 0 Å². The van der Waals surface area contributed by atoms with E-state index in [0.717, 1.165) is 25.7 Å². The van der Waals surface area contributed by atoms with Gasteiger partial charge in [-0.3, -0.25) is 4.79 Å². The molecule has 0 radical (unpaired) electrons. The molecule has 7 heteroatoms. The van der Waals surface area contributed by atoms with Crippen molar-refractivity contribution >= 4 is 28.2 Å². The number of hydrogen-bond donors (Lipinski definition) is 1. The van der Waals surface area contributed by atoms with Crippen molar-refractivity contribution in [3.63, 3.8) is 0 Å². The van der Waals surface area contributed by atoms with E-state index < -0.39 is 9.84 Å². The number of carbonyl (C=O) groups excluding carboxylic acids is 1. The van der Waals surface area contributed by atoms with Gasteiger partial charge < -0.3 is 10.6 Å². The first-order valence-electron chi connectivity index (χ1n) is 7.19. The monoisotopic (exact) mass is 324 g/mol. The maximum Gasteiger partial charge on any atom is 0.226 e. The molecule has 20 heavy (non-hydrogen) atoms. The minimum Gasteiger partial charge on any atom is -0.339 e. The quantitative estimate of drug-likeness (QED) is 0.838. The van der Waals surface area contributed by atoms with E-state index in [9.17, 15) is 13.2 Å². The minimum absolute atomic E-state index is 0. The molecule has 3 atom stereocenters. The molecule has 0 aromatic carbocycles. The Kier molecular flexibility index (Phi) is 6.28. The molecule has 1 amide bonds. The average Bonchev–Trinajstić information content (AvgIpc) is 2.70. The second-order valence-corrected chi connectivity index (χ2v) is 8.03. The summed E-state index contributed by atoms with van der Waals surface area (Å²) in [6.07, 6.45) is 4.21. The Morgan fingerprint density at radius 2 is 2.00 bits per heavy atom. The molecular formula is C13H25ClN2O3S. The Morgan fingerprint density at radius 3 is 2.50 bits per heavy atom. The molecular weight excluding hydrogens is 300 g/mol. The first-order chi connectivity index (χ1) is 8.93. The molecule has 5 nitrogen and oxygen atoms in total. The zero-order chi connectivity index (χ0) is 14.0. The van der Waals surface area contributed by atoms with Gasteiger partial charge in [0.1, 0.15) is 0 Å². The number of halogens is 1. The van der Waals surface area contributed by atoms with Crippen molar-refractivity contribution in [3.8, 4) is 0 Å². The van der Waals surface area contributed by atoms with E-state index in [1.807, 2.05) is 6.92 Å². The fourth-order valence-corrected chi connectivity index (χ4v) is 5.03. The van der Waals surface area contributed by atoms with Gasteiger partial charge in [-0.05, 0) is 32.6 Å². The molecule has 1 heterocycles. The van der Waals surface area contributed by atoms with Crippen LogP contribution < -0.4 is 5.73 Å². The summed E-state index contributed by atoms with van der Waals surface area (Å²) in [4.78, 5) is 14.3. The molecule has 0 aromatic rings. The standard InChI is InChI=1S/C13H24N2O3S.ClH/c1-2-15(12-6-7-19(17,18)9-12)13(16)10-4-3-5-11(14)8-10;/h10-12H,2-9,14H2,1H3;1H. The molecule has 2 fully saturated rings. The van der Waals surface area contributed by atoms with Gasteiger partial charge in [-0.2, -0.15) is 0 Å². The molecule has 118 valence electrons. The molecule has 2 rings (SSSR count). The van der Waals surface area contributed by atoms with Crippen LogP contribution in [0.1, 0.15) is 39.0 Å². The molecule has 1 aliphatic carbocycles. The van der Waals surface area contributed by atoms with E-state index in [-0.39, 0.29) is 47.8 Å². The van der Waals surface area contributed by atoms with E-state index in [0.29, 0.717) is 13.0 Å². The number of amides is 1. The number of sulfone groups is 1. The van der Waals surface area contributed by atoms with Crippen LogP contribution in [-0.2, 0) is 14.6 Å². The maximum atomic E-state index is 12.5. The van der Waals surface area contributed by atoms with Crippen LogP contribution in [0, 0.1) is 5.92 Å². The van der Waals surface area contributed by atoms with Gasteiger partial charge in [0.15, 0.2) is 9.84 Å². The lowest BCUT2D eigenvalue weighted by Gasteiger charge is -2.33. The van der Waals surface area contributed by atoms with Crippen molar-refractivity contribution < 1.29 is 13.2 Å². The topological polar surface area (TPSA) is 80.5 Å². The summed E-state index contributed by atoms with van der Waals surface area (Å²) in [6.45, 7) is 2.51. The molecule has 2 aliphatic rings. The number of nitrogens with zero attached hydrogens (tertiary/aromatic N) is 1. The Morgan fingerprint density at radius 1 is 1.30 bits per heavy atom. The lowest BCUT2D eigenvalue weighted by atomic mass is 9.85. The minimum atomic E-state index is -2.94. The van der Waals surface area contributed by atoms with Crippen LogP contribution in [0.4, 0.5) is 0 Å². The summed E-state index contributed by atoms with van der Waals surface area (Å²) in [6, 6.07) is -0.00521.